The number of nitrogens with one attached hydrogen (secondary N) is 1. The van der Waals surface area contributed by atoms with Crippen LogP contribution in [0.1, 0.15) is 18.6 Å². The lowest BCUT2D eigenvalue weighted by molar-refractivity contribution is 0.121. The van der Waals surface area contributed by atoms with Crippen LogP contribution in [0.5, 0.6) is 23.0 Å². The highest BCUT2D eigenvalue weighted by Gasteiger charge is 2.14. The molecular weight excluding hydrogens is 439 g/mol. The third-order valence-corrected chi connectivity index (χ3v) is 5.14. The quantitative estimate of drug-likeness (QED) is 0.338. The predicted octanol–water partition coefficient (Wildman–Crippen LogP) is 6.49. The molecule has 174 valence electrons. The van der Waals surface area contributed by atoms with Gasteiger partial charge >= 0.3 is 6.09 Å². The number of amides is 1. The standard InChI is InChI=1S/C26H23FN2O5/c1-16(17-5-4-6-18(27)13-17)33-26(30)29-19-7-9-20(10-8-19)34-23-11-12-28-22-15-25(32-3)24(31-2)14-21(22)23/h4-16H,1-3H3,(H,29,30). The van der Waals surface area contributed by atoms with E-state index in [1.165, 1.54) is 12.1 Å². The topological polar surface area (TPSA) is 78.9 Å². The number of rotatable bonds is 7. The van der Waals surface area contributed by atoms with E-state index in [1.54, 1.807) is 75.9 Å². The second-order valence-electron chi connectivity index (χ2n) is 7.39. The number of methoxy groups -OCH3 is 2. The molecule has 1 aromatic heterocycles. The molecule has 0 aliphatic rings. The monoisotopic (exact) mass is 462 g/mol. The Morgan fingerprint density at radius 2 is 1.68 bits per heavy atom. The lowest BCUT2D eigenvalue weighted by Crippen LogP contribution is -2.16. The van der Waals surface area contributed by atoms with Crippen molar-refractivity contribution in [3.63, 3.8) is 0 Å². The Bertz CT molecular complexity index is 1310. The van der Waals surface area contributed by atoms with Crippen LogP contribution in [0, 0.1) is 5.82 Å². The summed E-state index contributed by atoms with van der Waals surface area (Å²) < 4.78 is 35.5. The van der Waals surface area contributed by atoms with Crippen molar-refractivity contribution in [3.05, 3.63) is 84.3 Å². The molecule has 0 radical (unpaired) electrons. The molecule has 0 spiro atoms. The maximum atomic E-state index is 13.4. The Morgan fingerprint density at radius 3 is 2.38 bits per heavy atom. The van der Waals surface area contributed by atoms with Gasteiger partial charge in [0, 0.05) is 23.3 Å². The number of aromatic nitrogens is 1. The molecule has 1 N–H and O–H groups in total. The first-order valence-electron chi connectivity index (χ1n) is 10.5. The lowest BCUT2D eigenvalue weighted by Gasteiger charge is -2.15. The van der Waals surface area contributed by atoms with Gasteiger partial charge in [0.2, 0.25) is 0 Å². The van der Waals surface area contributed by atoms with Crippen LogP contribution in [0.25, 0.3) is 10.9 Å². The number of halogens is 1. The van der Waals surface area contributed by atoms with Crippen molar-refractivity contribution in [1.82, 2.24) is 4.98 Å². The molecule has 0 saturated carbocycles. The second kappa shape index (κ2) is 10.1. The van der Waals surface area contributed by atoms with Crippen LogP contribution in [-0.4, -0.2) is 25.3 Å². The zero-order valence-electron chi connectivity index (χ0n) is 18.9. The Labute approximate surface area is 196 Å². The highest BCUT2D eigenvalue weighted by Crippen LogP contribution is 2.37. The SMILES string of the molecule is COc1cc2nccc(Oc3ccc(NC(=O)OC(C)c4cccc(F)c4)cc3)c2cc1OC. The molecular formula is C26H23FN2O5. The van der Waals surface area contributed by atoms with Crippen molar-refractivity contribution < 1.29 is 28.1 Å². The molecule has 7 nitrogen and oxygen atoms in total. The van der Waals surface area contributed by atoms with E-state index in [-0.39, 0.29) is 5.82 Å². The minimum Gasteiger partial charge on any atom is -0.493 e. The van der Waals surface area contributed by atoms with Gasteiger partial charge in [-0.05, 0) is 61.0 Å². The molecule has 0 aliphatic heterocycles. The van der Waals surface area contributed by atoms with Crippen LogP contribution < -0.4 is 19.5 Å². The Hall–Kier alpha value is -4.33. The van der Waals surface area contributed by atoms with Crippen LogP contribution in [0.2, 0.25) is 0 Å². The zero-order valence-corrected chi connectivity index (χ0v) is 18.9. The number of carbonyl (C=O) groups is 1. The molecule has 4 aromatic rings. The summed E-state index contributed by atoms with van der Waals surface area (Å²) in [5.41, 5.74) is 1.79. The number of pyridine rings is 1. The van der Waals surface area contributed by atoms with Gasteiger partial charge in [-0.15, -0.1) is 0 Å². The summed E-state index contributed by atoms with van der Waals surface area (Å²) in [4.78, 5) is 16.6. The number of carbonyl (C=O) groups excluding carboxylic acids is 1. The molecule has 8 heteroatoms. The highest BCUT2D eigenvalue weighted by molar-refractivity contribution is 5.88. The first-order chi connectivity index (χ1) is 16.5. The lowest BCUT2D eigenvalue weighted by atomic mass is 10.1. The summed E-state index contributed by atoms with van der Waals surface area (Å²) in [5.74, 6) is 1.92. The van der Waals surface area contributed by atoms with Crippen LogP contribution in [-0.2, 0) is 4.74 Å². The van der Waals surface area contributed by atoms with Gasteiger partial charge in [0.05, 0.1) is 19.7 Å². The number of benzene rings is 3. The van der Waals surface area contributed by atoms with E-state index in [0.717, 1.165) is 5.39 Å². The summed E-state index contributed by atoms with van der Waals surface area (Å²) in [5, 5.41) is 3.42. The first-order valence-corrected chi connectivity index (χ1v) is 10.5. The van der Waals surface area contributed by atoms with Gasteiger partial charge in [-0.2, -0.15) is 0 Å². The predicted molar refractivity (Wildman–Crippen MR) is 126 cm³/mol. The second-order valence-corrected chi connectivity index (χ2v) is 7.39. The van der Waals surface area contributed by atoms with Gasteiger partial charge in [0.1, 0.15) is 23.4 Å². The van der Waals surface area contributed by atoms with Gasteiger partial charge in [-0.25, -0.2) is 9.18 Å². The van der Waals surface area contributed by atoms with Gasteiger partial charge in [0.15, 0.2) is 11.5 Å². The van der Waals surface area contributed by atoms with Crippen molar-refractivity contribution in [3.8, 4) is 23.0 Å². The van der Waals surface area contributed by atoms with Crippen LogP contribution >= 0.6 is 0 Å². The number of fused-ring (bicyclic) bond motifs is 1. The summed E-state index contributed by atoms with van der Waals surface area (Å²) in [7, 11) is 3.13. The van der Waals surface area contributed by atoms with E-state index in [4.69, 9.17) is 18.9 Å². The van der Waals surface area contributed by atoms with E-state index in [9.17, 15) is 9.18 Å². The molecule has 3 aromatic carbocycles. The summed E-state index contributed by atoms with van der Waals surface area (Å²) >= 11 is 0. The summed E-state index contributed by atoms with van der Waals surface area (Å²) in [6, 6.07) is 18.1. The van der Waals surface area contributed by atoms with Crippen molar-refractivity contribution in [1.29, 1.82) is 0 Å². The summed E-state index contributed by atoms with van der Waals surface area (Å²) in [6.45, 7) is 1.68. The molecule has 4 rings (SSSR count). The number of anilines is 1. The molecule has 1 unspecified atom stereocenters. The van der Waals surface area contributed by atoms with Gasteiger partial charge in [-0.1, -0.05) is 12.1 Å². The third kappa shape index (κ3) is 5.17. The molecule has 0 saturated heterocycles. The molecule has 0 aliphatic carbocycles. The van der Waals surface area contributed by atoms with Crippen LogP contribution in [0.4, 0.5) is 14.9 Å². The van der Waals surface area contributed by atoms with Gasteiger partial charge in [0.25, 0.3) is 0 Å². The van der Waals surface area contributed by atoms with E-state index in [2.05, 4.69) is 10.3 Å². The zero-order chi connectivity index (χ0) is 24.1. The van der Waals surface area contributed by atoms with Gasteiger partial charge < -0.3 is 18.9 Å². The Morgan fingerprint density at radius 1 is 0.941 bits per heavy atom. The molecule has 1 atom stereocenters. The molecule has 0 fully saturated rings. The van der Waals surface area contributed by atoms with Crippen molar-refractivity contribution >= 4 is 22.7 Å². The number of hydrogen-bond donors (Lipinski definition) is 1. The fraction of sp³-hybridized carbons (Fsp3) is 0.154. The Balaban J connectivity index is 1.44. The van der Waals surface area contributed by atoms with Crippen molar-refractivity contribution in [2.24, 2.45) is 0 Å². The normalized spacial score (nSPS) is 11.5. The van der Waals surface area contributed by atoms with E-state index < -0.39 is 12.2 Å². The molecule has 1 amide bonds. The smallest absolute Gasteiger partial charge is 0.412 e. The van der Waals surface area contributed by atoms with Gasteiger partial charge in [-0.3, -0.25) is 10.3 Å². The maximum Gasteiger partial charge on any atom is 0.412 e. The molecule has 0 bridgehead atoms. The number of hydrogen-bond acceptors (Lipinski definition) is 6. The number of ether oxygens (including phenoxy) is 4. The highest BCUT2D eigenvalue weighted by atomic mass is 19.1. The largest absolute Gasteiger partial charge is 0.493 e. The van der Waals surface area contributed by atoms with E-state index in [1.807, 2.05) is 6.07 Å². The van der Waals surface area contributed by atoms with E-state index in [0.29, 0.717) is 39.8 Å². The molecule has 1 heterocycles. The summed E-state index contributed by atoms with van der Waals surface area (Å²) in [6.07, 6.45) is 0.399. The third-order valence-electron chi connectivity index (χ3n) is 5.14. The van der Waals surface area contributed by atoms with Crippen LogP contribution in [0.3, 0.4) is 0 Å². The minimum absolute atomic E-state index is 0.386. The minimum atomic E-state index is -0.647. The number of nitrogens with zero attached hydrogens (tertiary/aromatic N) is 1. The van der Waals surface area contributed by atoms with E-state index >= 15 is 0 Å². The Kier molecular flexibility index (Phi) is 6.77. The first kappa shape index (κ1) is 22.8. The maximum absolute atomic E-state index is 13.4. The van der Waals surface area contributed by atoms with Crippen LogP contribution in [0.15, 0.2) is 72.9 Å². The average Bonchev–Trinajstić information content (AvgIpc) is 2.84. The fourth-order valence-corrected chi connectivity index (χ4v) is 3.41. The average molecular weight is 462 g/mol. The molecule has 34 heavy (non-hydrogen) atoms. The van der Waals surface area contributed by atoms with Crippen molar-refractivity contribution in [2.45, 2.75) is 13.0 Å². The fourth-order valence-electron chi connectivity index (χ4n) is 3.41. The van der Waals surface area contributed by atoms with Crippen molar-refractivity contribution in [2.75, 3.05) is 19.5 Å².